The molecule has 0 unspecified atom stereocenters. The van der Waals surface area contributed by atoms with E-state index in [1.54, 1.807) is 24.3 Å². The molecule has 0 saturated carbocycles. The average molecular weight is 493 g/mol. The van der Waals surface area contributed by atoms with E-state index in [2.05, 4.69) is 51.9 Å². The Labute approximate surface area is 190 Å². The van der Waals surface area contributed by atoms with E-state index in [9.17, 15) is 9.18 Å². The Kier molecular flexibility index (Phi) is 6.18. The zero-order valence-electron chi connectivity index (χ0n) is 17.0. The molecule has 4 aromatic carbocycles. The van der Waals surface area contributed by atoms with Gasteiger partial charge in [0.1, 0.15) is 0 Å². The van der Waals surface area contributed by atoms with E-state index < -0.39 is 12.0 Å². The fourth-order valence-corrected chi connectivity index (χ4v) is 11.4. The Morgan fingerprint density at radius 1 is 0.645 bits per heavy atom. The van der Waals surface area contributed by atoms with Gasteiger partial charge in [0.2, 0.25) is 0 Å². The molecule has 0 N–H and O–H groups in total. The molecule has 31 heavy (non-hydrogen) atoms. The van der Waals surface area contributed by atoms with Crippen molar-refractivity contribution in [2.45, 2.75) is 6.67 Å². The van der Waals surface area contributed by atoms with Crippen LogP contribution >= 0.6 is 20.8 Å². The fourth-order valence-electron chi connectivity index (χ4n) is 4.08. The maximum atomic E-state index is 13.7. The first kappa shape index (κ1) is 21.6. The fraction of sp³-hybridized carbons (Fsp3) is 0.0741. The zero-order chi connectivity index (χ0) is 21.8. The number of Topliss-reactive ketones (excluding diaryl/α,β-unsaturated/α-hetero) is 1. The summed E-state index contributed by atoms with van der Waals surface area (Å²) in [6, 6.07) is 37.5. The van der Waals surface area contributed by atoms with E-state index in [0.717, 1.165) is 15.9 Å². The molecule has 0 aliphatic rings. The number of carbonyl (C=O) groups is 1. The van der Waals surface area contributed by atoms with Crippen LogP contribution in [0.5, 0.6) is 0 Å². The molecule has 0 spiro atoms. The summed E-state index contributed by atoms with van der Waals surface area (Å²) >= 11 is 4.29. The van der Waals surface area contributed by atoms with Crippen LogP contribution in [0.1, 0.15) is 15.9 Å². The first-order valence-electron chi connectivity index (χ1n) is 10.1. The molecule has 0 bridgehead atoms. The summed E-state index contributed by atoms with van der Waals surface area (Å²) in [5, 5.41) is -0.0301. The molecular formula is C27H23BrFOP. The Bertz CT molecular complexity index is 1060. The number of hydrogen-bond acceptors (Lipinski definition) is 1. The van der Waals surface area contributed by atoms with Crippen molar-refractivity contribution in [1.29, 1.82) is 0 Å². The standard InChI is InChI=1S/C27H23BrFOP/c28-31(24-10-4-1-5-11-24,25-12-6-2-7-13-25,26-14-8-3-9-15-26)21-27(30)23-18-16-22(20-29)17-19-23/h1-19H,20-21H2. The zero-order valence-corrected chi connectivity index (χ0v) is 19.5. The third-order valence-corrected chi connectivity index (χ3v) is 15.2. The normalized spacial score (nSPS) is 12.6. The summed E-state index contributed by atoms with van der Waals surface area (Å²) in [4.78, 5) is 13.7. The van der Waals surface area contributed by atoms with Crippen LogP contribution in [0.4, 0.5) is 4.39 Å². The minimum absolute atomic E-state index is 0.0245. The topological polar surface area (TPSA) is 17.1 Å². The third-order valence-electron chi connectivity index (χ3n) is 5.75. The molecule has 0 radical (unpaired) electrons. The predicted molar refractivity (Wildman–Crippen MR) is 135 cm³/mol. The van der Waals surface area contributed by atoms with Crippen LogP contribution in [-0.2, 0) is 6.67 Å². The molecule has 0 atom stereocenters. The number of carbonyl (C=O) groups excluding carboxylic acids is 1. The molecular weight excluding hydrogens is 470 g/mol. The number of halogens is 2. The van der Waals surface area contributed by atoms with Gasteiger partial charge in [0.05, 0.1) is 0 Å². The molecule has 4 rings (SSSR count). The van der Waals surface area contributed by atoms with Gasteiger partial charge in [-0.1, -0.05) is 0 Å². The SMILES string of the molecule is O=C(CP(Br)(c1ccccc1)(c1ccccc1)c1ccccc1)c1ccc(CF)cc1. The van der Waals surface area contributed by atoms with Gasteiger partial charge >= 0.3 is 191 Å². The van der Waals surface area contributed by atoms with E-state index >= 15 is 0 Å². The van der Waals surface area contributed by atoms with Gasteiger partial charge in [-0.25, -0.2) is 0 Å². The Morgan fingerprint density at radius 2 is 1.03 bits per heavy atom. The van der Waals surface area contributed by atoms with Gasteiger partial charge in [-0.15, -0.1) is 0 Å². The van der Waals surface area contributed by atoms with Crippen molar-refractivity contribution in [2.75, 3.05) is 6.16 Å². The van der Waals surface area contributed by atoms with Crippen LogP contribution < -0.4 is 15.9 Å². The van der Waals surface area contributed by atoms with E-state index in [4.69, 9.17) is 0 Å². The Hall–Kier alpha value is -2.61. The number of hydrogen-bond donors (Lipinski definition) is 0. The van der Waals surface area contributed by atoms with Crippen molar-refractivity contribution < 1.29 is 9.18 Å². The van der Waals surface area contributed by atoms with Crippen LogP contribution in [0.15, 0.2) is 115 Å². The first-order chi connectivity index (χ1) is 15.1. The van der Waals surface area contributed by atoms with Gasteiger partial charge in [-0.3, -0.25) is 0 Å². The Balaban J connectivity index is 1.97. The summed E-state index contributed by atoms with van der Waals surface area (Å²) in [6.07, 6.45) is 0.290. The maximum absolute atomic E-state index is 13.7. The molecule has 4 heteroatoms. The van der Waals surface area contributed by atoms with Crippen LogP contribution in [0.25, 0.3) is 0 Å². The Morgan fingerprint density at radius 3 is 1.39 bits per heavy atom. The summed E-state index contributed by atoms with van der Waals surface area (Å²) < 4.78 is 13.0. The molecule has 156 valence electrons. The second kappa shape index (κ2) is 8.86. The van der Waals surface area contributed by atoms with Crippen molar-refractivity contribution in [3.63, 3.8) is 0 Å². The van der Waals surface area contributed by atoms with Crippen LogP contribution in [-0.4, -0.2) is 11.9 Å². The first-order valence-corrected chi connectivity index (χ1v) is 14.6. The van der Waals surface area contributed by atoms with E-state index in [0.29, 0.717) is 17.3 Å². The van der Waals surface area contributed by atoms with Crippen molar-refractivity contribution >= 4 is 42.5 Å². The van der Waals surface area contributed by atoms with Crippen LogP contribution in [0.3, 0.4) is 0 Å². The van der Waals surface area contributed by atoms with Gasteiger partial charge in [-0.2, -0.15) is 0 Å². The van der Waals surface area contributed by atoms with Crippen molar-refractivity contribution in [3.8, 4) is 0 Å². The second-order valence-corrected chi connectivity index (χ2v) is 16.5. The van der Waals surface area contributed by atoms with Crippen molar-refractivity contribution in [1.82, 2.24) is 0 Å². The van der Waals surface area contributed by atoms with E-state index in [-0.39, 0.29) is 5.78 Å². The molecule has 0 aliphatic carbocycles. The summed E-state index contributed by atoms with van der Waals surface area (Å²) in [6.45, 7) is -0.537. The van der Waals surface area contributed by atoms with Crippen LogP contribution in [0, 0.1) is 0 Å². The predicted octanol–water partition coefficient (Wildman–Crippen LogP) is 6.18. The molecule has 0 aromatic heterocycles. The summed E-state index contributed by atoms with van der Waals surface area (Å²) in [5.74, 6) is 0.0245. The molecule has 1 nitrogen and oxygen atoms in total. The monoisotopic (exact) mass is 492 g/mol. The van der Waals surface area contributed by atoms with Crippen LogP contribution in [0.2, 0.25) is 0 Å². The van der Waals surface area contributed by atoms with Gasteiger partial charge in [0.15, 0.2) is 0 Å². The summed E-state index contributed by atoms with van der Waals surface area (Å²) in [7, 11) is 0. The average Bonchev–Trinajstić information content (AvgIpc) is 2.85. The second-order valence-electron chi connectivity index (χ2n) is 7.60. The van der Waals surface area contributed by atoms with Crippen molar-refractivity contribution in [2.24, 2.45) is 0 Å². The van der Waals surface area contributed by atoms with Gasteiger partial charge < -0.3 is 0 Å². The van der Waals surface area contributed by atoms with Crippen molar-refractivity contribution in [3.05, 3.63) is 126 Å². The van der Waals surface area contributed by atoms with Gasteiger partial charge in [0.25, 0.3) is 0 Å². The molecule has 0 heterocycles. The number of alkyl halides is 1. The molecule has 4 aromatic rings. The molecule has 0 amide bonds. The van der Waals surface area contributed by atoms with E-state index in [1.165, 1.54) is 0 Å². The van der Waals surface area contributed by atoms with Gasteiger partial charge in [-0.05, 0) is 0 Å². The van der Waals surface area contributed by atoms with E-state index in [1.807, 2.05) is 54.6 Å². The third kappa shape index (κ3) is 3.89. The summed E-state index contributed by atoms with van der Waals surface area (Å²) in [5.41, 5.74) is 1.16. The molecule has 0 aliphatic heterocycles. The quantitative estimate of drug-likeness (QED) is 0.222. The molecule has 0 saturated heterocycles. The minimum atomic E-state index is -3.32. The number of rotatable bonds is 7. The number of benzene rings is 4. The number of ketones is 1. The molecule has 0 fully saturated rings. The van der Waals surface area contributed by atoms with Gasteiger partial charge in [0, 0.05) is 0 Å².